The van der Waals surface area contributed by atoms with Gasteiger partial charge in [-0.3, -0.25) is 0 Å². The Labute approximate surface area is 300 Å². The quantitative estimate of drug-likeness (QED) is 0.0925. The molecule has 5 aliphatic heterocycles. The van der Waals surface area contributed by atoms with Gasteiger partial charge in [0.1, 0.15) is 110 Å². The first-order valence-electron chi connectivity index (χ1n) is 16.9. The van der Waals surface area contributed by atoms with E-state index in [1.54, 1.807) is 0 Å². The zero-order valence-electron chi connectivity index (χ0n) is 28.1. The van der Waals surface area contributed by atoms with Crippen LogP contribution in [0.5, 0.6) is 0 Å². The average Bonchev–Trinajstić information content (AvgIpc) is 3.14. The lowest BCUT2D eigenvalue weighted by molar-refractivity contribution is -0.390. The van der Waals surface area contributed by atoms with Crippen molar-refractivity contribution in [1.29, 1.82) is 0 Å². The molecule has 15 N–H and O–H groups in total. The monoisotopic (exact) mass is 782 g/mol. The van der Waals surface area contributed by atoms with Crippen LogP contribution in [0.25, 0.3) is 0 Å². The van der Waals surface area contributed by atoms with Gasteiger partial charge in [-0.15, -0.1) is 0 Å². The van der Waals surface area contributed by atoms with Gasteiger partial charge in [0.15, 0.2) is 31.5 Å². The molecule has 0 bridgehead atoms. The fourth-order valence-electron chi connectivity index (χ4n) is 6.55. The number of hydrogen-bond donors (Lipinski definition) is 15. The molecule has 0 aromatic heterocycles. The van der Waals surface area contributed by atoms with Gasteiger partial charge in [-0.05, 0) is 6.92 Å². The Bertz CT molecular complexity index is 1140. The number of ether oxygens (including phenoxy) is 9. The van der Waals surface area contributed by atoms with Crippen molar-refractivity contribution in [2.75, 3.05) is 26.4 Å². The Morgan fingerprint density at radius 1 is 0.453 bits per heavy atom. The molecule has 0 aromatic rings. The first kappa shape index (κ1) is 43.2. The molecule has 0 amide bonds. The number of aliphatic hydroxyl groups is 15. The lowest BCUT2D eigenvalue weighted by atomic mass is 9.97. The molecule has 1 unspecified atom stereocenters. The van der Waals surface area contributed by atoms with E-state index in [1.165, 1.54) is 6.92 Å². The van der Waals surface area contributed by atoms with Crippen molar-refractivity contribution in [3.05, 3.63) is 0 Å². The second kappa shape index (κ2) is 18.1. The molecule has 0 aromatic carbocycles. The molecule has 310 valence electrons. The zero-order chi connectivity index (χ0) is 39.0. The molecular formula is C29H50O24. The van der Waals surface area contributed by atoms with Crippen LogP contribution >= 0.6 is 0 Å². The van der Waals surface area contributed by atoms with Crippen molar-refractivity contribution in [2.24, 2.45) is 0 Å². The first-order chi connectivity index (χ1) is 25.0. The minimum atomic E-state index is -1.98. The Kier molecular flexibility index (Phi) is 14.7. The van der Waals surface area contributed by atoms with Crippen LogP contribution in [0.1, 0.15) is 6.92 Å². The molecule has 5 fully saturated rings. The third-order valence-electron chi connectivity index (χ3n) is 9.87. The molecule has 24 heteroatoms. The van der Waals surface area contributed by atoms with Crippen molar-refractivity contribution in [3.63, 3.8) is 0 Å². The zero-order valence-corrected chi connectivity index (χ0v) is 28.1. The van der Waals surface area contributed by atoms with Crippen molar-refractivity contribution >= 4 is 0 Å². The highest BCUT2D eigenvalue weighted by Crippen LogP contribution is 2.34. The topological polar surface area (TPSA) is 387 Å². The van der Waals surface area contributed by atoms with Crippen LogP contribution < -0.4 is 0 Å². The van der Waals surface area contributed by atoms with Crippen LogP contribution in [-0.2, 0) is 42.6 Å². The summed E-state index contributed by atoms with van der Waals surface area (Å²) in [5.41, 5.74) is 0. The van der Waals surface area contributed by atoms with Gasteiger partial charge < -0.3 is 119 Å². The molecule has 24 atom stereocenters. The van der Waals surface area contributed by atoms with Gasteiger partial charge in [0.25, 0.3) is 0 Å². The molecule has 5 saturated heterocycles. The van der Waals surface area contributed by atoms with E-state index in [0.717, 1.165) is 0 Å². The Balaban J connectivity index is 1.30. The molecular weight excluding hydrogens is 732 g/mol. The fourth-order valence-corrected chi connectivity index (χ4v) is 6.55. The molecule has 53 heavy (non-hydrogen) atoms. The molecule has 5 rings (SSSR count). The summed E-state index contributed by atoms with van der Waals surface area (Å²) in [6.45, 7) is -1.62. The van der Waals surface area contributed by atoms with E-state index in [0.29, 0.717) is 0 Å². The van der Waals surface area contributed by atoms with E-state index in [4.69, 9.17) is 42.6 Å². The van der Waals surface area contributed by atoms with Gasteiger partial charge in [-0.25, -0.2) is 0 Å². The van der Waals surface area contributed by atoms with Gasteiger partial charge in [0.2, 0.25) is 0 Å². The maximum Gasteiger partial charge on any atom is 0.187 e. The Hall–Kier alpha value is -0.960. The smallest absolute Gasteiger partial charge is 0.187 e. The van der Waals surface area contributed by atoms with Crippen LogP contribution in [0.15, 0.2) is 0 Å². The molecule has 24 nitrogen and oxygen atoms in total. The Morgan fingerprint density at radius 2 is 0.962 bits per heavy atom. The Morgan fingerprint density at radius 3 is 1.60 bits per heavy atom. The van der Waals surface area contributed by atoms with E-state index in [-0.39, 0.29) is 0 Å². The summed E-state index contributed by atoms with van der Waals surface area (Å²) in [6.07, 6.45) is -41.9. The SMILES string of the molecule is C[C@@H]1O[C@@H](O[C@H]2[C@H](O[C@H]3[C@@H](OC[C@H]4O[C@@H](O[C@H]5[C@H](O)[C@@H](O)C(O)O[C@@H]5CO)[C@H](O)[C@@H](O)[C@@H]4O)OC[C@@H](O)[C@@H]3O)O[C@H](CO)[C@H](O)[C@@H]2O)[C@@H](O)[C@H](O)[C@@H]1O. The third-order valence-corrected chi connectivity index (χ3v) is 9.87. The summed E-state index contributed by atoms with van der Waals surface area (Å²) in [5, 5.41) is 155. The predicted octanol–water partition coefficient (Wildman–Crippen LogP) is -10.3. The second-order valence-corrected chi connectivity index (χ2v) is 13.5. The minimum Gasteiger partial charge on any atom is -0.394 e. The fraction of sp³-hybridized carbons (Fsp3) is 1.00. The largest absolute Gasteiger partial charge is 0.394 e. The summed E-state index contributed by atoms with van der Waals surface area (Å²) < 4.78 is 49.9. The summed E-state index contributed by atoms with van der Waals surface area (Å²) in [5.74, 6) is 0. The van der Waals surface area contributed by atoms with Gasteiger partial charge in [-0.1, -0.05) is 0 Å². The van der Waals surface area contributed by atoms with E-state index >= 15 is 0 Å². The number of hydrogen-bond acceptors (Lipinski definition) is 24. The normalized spacial score (nSPS) is 54.1. The van der Waals surface area contributed by atoms with Gasteiger partial charge in [0.05, 0.1) is 32.5 Å². The summed E-state index contributed by atoms with van der Waals surface area (Å²) in [6, 6.07) is 0. The van der Waals surface area contributed by atoms with Crippen LogP contribution in [0.4, 0.5) is 0 Å². The molecule has 0 aliphatic carbocycles. The molecule has 0 radical (unpaired) electrons. The van der Waals surface area contributed by atoms with Crippen LogP contribution in [-0.4, -0.2) is 250 Å². The second-order valence-electron chi connectivity index (χ2n) is 13.5. The maximum absolute atomic E-state index is 11.0. The van der Waals surface area contributed by atoms with Crippen molar-refractivity contribution in [1.82, 2.24) is 0 Å². The number of aliphatic hydroxyl groups excluding tert-OH is 15. The first-order valence-corrected chi connectivity index (χ1v) is 16.9. The molecule has 0 saturated carbocycles. The molecule has 5 aliphatic rings. The van der Waals surface area contributed by atoms with Gasteiger partial charge in [-0.2, -0.15) is 0 Å². The number of rotatable bonds is 11. The van der Waals surface area contributed by atoms with Crippen LogP contribution in [0.2, 0.25) is 0 Å². The maximum atomic E-state index is 11.0. The van der Waals surface area contributed by atoms with E-state index < -0.39 is 174 Å². The summed E-state index contributed by atoms with van der Waals surface area (Å²) in [7, 11) is 0. The highest BCUT2D eigenvalue weighted by atomic mass is 16.8. The average molecular weight is 783 g/mol. The standard InChI is InChI=1S/C29H50O24/c1-6-11(33)15(37)20(42)26(47-6)52-24-17(39)13(35)8(2-30)49-29(24)53-23-12(34)7(32)4-45-28(23)46-5-10-14(36)16(38)21(43)27(50-10)51-22-9(3-31)48-25(44)19(41)18(22)40/h6-44H,2-5H2,1H3/t6-,7+,8+,9+,10+,11+,12-,13-,14+,15+,16-,17-,18+,19+,20-,21+,22+,23+,24+,25?,26-,27-,28+,29-/m0/s1. The van der Waals surface area contributed by atoms with Gasteiger partial charge in [0, 0.05) is 0 Å². The van der Waals surface area contributed by atoms with Crippen molar-refractivity contribution < 1.29 is 119 Å². The molecule has 0 spiro atoms. The lowest BCUT2D eigenvalue weighted by Crippen LogP contribution is -2.66. The van der Waals surface area contributed by atoms with E-state index in [1.807, 2.05) is 0 Å². The van der Waals surface area contributed by atoms with Crippen molar-refractivity contribution in [3.8, 4) is 0 Å². The highest BCUT2D eigenvalue weighted by molar-refractivity contribution is 4.96. The van der Waals surface area contributed by atoms with E-state index in [2.05, 4.69) is 0 Å². The van der Waals surface area contributed by atoms with Crippen LogP contribution in [0, 0.1) is 0 Å². The van der Waals surface area contributed by atoms with Gasteiger partial charge >= 0.3 is 0 Å². The minimum absolute atomic E-state index is 0.546. The highest BCUT2D eigenvalue weighted by Gasteiger charge is 2.54. The predicted molar refractivity (Wildman–Crippen MR) is 159 cm³/mol. The molecule has 5 heterocycles. The third kappa shape index (κ3) is 8.96. The summed E-state index contributed by atoms with van der Waals surface area (Å²) in [4.78, 5) is 0. The van der Waals surface area contributed by atoms with Crippen molar-refractivity contribution in [2.45, 2.75) is 154 Å². The van der Waals surface area contributed by atoms with E-state index in [9.17, 15) is 76.6 Å². The lowest BCUT2D eigenvalue weighted by Gasteiger charge is -2.48. The van der Waals surface area contributed by atoms with Crippen LogP contribution in [0.3, 0.4) is 0 Å². The summed E-state index contributed by atoms with van der Waals surface area (Å²) >= 11 is 0.